The van der Waals surface area contributed by atoms with Gasteiger partial charge in [0.05, 0.1) is 26.4 Å². The van der Waals surface area contributed by atoms with Crippen LogP contribution in [0.2, 0.25) is 0 Å². The molecule has 1 aliphatic heterocycles. The number of carbonyl (C=O) groups is 2. The summed E-state index contributed by atoms with van der Waals surface area (Å²) in [4.78, 5) is 29.7. The molecule has 2 unspecified atom stereocenters. The summed E-state index contributed by atoms with van der Waals surface area (Å²) >= 11 is 0. The second-order valence-electron chi connectivity index (χ2n) is 9.06. The van der Waals surface area contributed by atoms with Crippen molar-refractivity contribution in [3.05, 3.63) is 53.9 Å². The van der Waals surface area contributed by atoms with E-state index in [2.05, 4.69) is 24.1 Å². The van der Waals surface area contributed by atoms with E-state index < -0.39 is 29.8 Å². The van der Waals surface area contributed by atoms with E-state index >= 15 is 0 Å². The van der Waals surface area contributed by atoms with Crippen molar-refractivity contribution in [3.8, 4) is 11.5 Å². The number of rotatable bonds is 8. The Hall–Kier alpha value is -3.17. The predicted octanol–water partition coefficient (Wildman–Crippen LogP) is 2.76. The molecule has 4 atom stereocenters. The molecular weight excluding hydrogens is 452 g/mol. The number of cyclic esters (lactones) is 1. The van der Waals surface area contributed by atoms with Gasteiger partial charge in [-0.15, -0.1) is 0 Å². The van der Waals surface area contributed by atoms with Gasteiger partial charge in [-0.3, -0.25) is 4.79 Å². The van der Waals surface area contributed by atoms with Crippen LogP contribution >= 0.6 is 0 Å². The number of aromatic hydroxyl groups is 1. The van der Waals surface area contributed by atoms with E-state index in [4.69, 9.17) is 18.9 Å². The summed E-state index contributed by atoms with van der Waals surface area (Å²) in [5.41, 5.74) is 0.867. The second-order valence-corrected chi connectivity index (χ2v) is 9.06. The number of methoxy groups -OCH3 is 1. The lowest BCUT2D eigenvalue weighted by Crippen LogP contribution is -2.46. The van der Waals surface area contributed by atoms with Crippen molar-refractivity contribution >= 4 is 11.9 Å². The van der Waals surface area contributed by atoms with Crippen LogP contribution in [0.15, 0.2) is 42.6 Å². The third-order valence-corrected chi connectivity index (χ3v) is 5.72. The van der Waals surface area contributed by atoms with Gasteiger partial charge in [0, 0.05) is 24.8 Å². The van der Waals surface area contributed by atoms with Crippen LogP contribution in [0.3, 0.4) is 0 Å². The zero-order valence-electron chi connectivity index (χ0n) is 20.6. The summed E-state index contributed by atoms with van der Waals surface area (Å²) in [7, 11) is 1.37. The fourth-order valence-corrected chi connectivity index (χ4v) is 3.98. The molecule has 0 radical (unpaired) electrons. The number of hydrogen-bond acceptors (Lipinski definition) is 8. The third-order valence-electron chi connectivity index (χ3n) is 5.72. The number of nitrogens with zero attached hydrogens (tertiary/aromatic N) is 1. The first-order valence-electron chi connectivity index (χ1n) is 11.8. The summed E-state index contributed by atoms with van der Waals surface area (Å²) in [6.07, 6.45) is 1.06. The molecule has 9 nitrogen and oxygen atoms in total. The molecule has 35 heavy (non-hydrogen) atoms. The minimum Gasteiger partial charge on any atom is -0.503 e. The molecule has 9 heteroatoms. The smallest absolute Gasteiger partial charge is 0.331 e. The second kappa shape index (κ2) is 12.5. The fourth-order valence-electron chi connectivity index (χ4n) is 3.98. The number of amides is 1. The molecule has 1 fully saturated rings. The van der Waals surface area contributed by atoms with Crippen molar-refractivity contribution in [3.63, 3.8) is 0 Å². The zero-order valence-corrected chi connectivity index (χ0v) is 20.6. The first-order chi connectivity index (χ1) is 16.8. The molecule has 0 saturated carbocycles. The third kappa shape index (κ3) is 7.16. The van der Waals surface area contributed by atoms with E-state index in [1.807, 2.05) is 30.3 Å². The number of hydrogen-bond donors (Lipinski definition) is 2. The maximum Gasteiger partial charge on any atom is 0.331 e. The van der Waals surface area contributed by atoms with E-state index in [1.54, 1.807) is 6.92 Å². The Balaban J connectivity index is 1.77. The highest BCUT2D eigenvalue weighted by molar-refractivity contribution is 5.98. The van der Waals surface area contributed by atoms with Crippen molar-refractivity contribution < 1.29 is 33.6 Å². The van der Waals surface area contributed by atoms with Crippen LogP contribution in [-0.2, 0) is 25.4 Å². The molecular formula is C26H34N2O7. The first kappa shape index (κ1) is 26.4. The lowest BCUT2D eigenvalue weighted by atomic mass is 9.91. The number of esters is 1. The SMILES string of the molecule is COc1ccnc(C(=O)N[C@H]2COC[C@H](Cc3ccccc3)C(OCC(C)C)C(C)OC2=O)c1O. The molecule has 3 rings (SSSR count). The quantitative estimate of drug-likeness (QED) is 0.547. The van der Waals surface area contributed by atoms with E-state index in [-0.39, 0.29) is 30.1 Å². The van der Waals surface area contributed by atoms with Gasteiger partial charge in [0.25, 0.3) is 5.91 Å². The standard InChI is InChI=1S/C26H34N2O7/c1-16(2)13-34-24-17(3)35-26(31)20(15-33-14-19(24)12-18-8-6-5-7-9-18)28-25(30)22-23(29)21(32-4)10-11-27-22/h5-11,16-17,19-20,24,29H,12-15H2,1-4H3,(H,28,30)/t17?,19-,20-,24?/m0/s1. The lowest BCUT2D eigenvalue weighted by Gasteiger charge is -2.31. The van der Waals surface area contributed by atoms with E-state index in [1.165, 1.54) is 19.4 Å². The highest BCUT2D eigenvalue weighted by atomic mass is 16.6. The topological polar surface area (TPSA) is 116 Å². The van der Waals surface area contributed by atoms with Gasteiger partial charge in [-0.25, -0.2) is 9.78 Å². The molecule has 2 aromatic rings. The number of ether oxygens (including phenoxy) is 4. The van der Waals surface area contributed by atoms with Crippen molar-refractivity contribution in [2.75, 3.05) is 26.9 Å². The van der Waals surface area contributed by atoms with Crippen molar-refractivity contribution in [2.24, 2.45) is 11.8 Å². The van der Waals surface area contributed by atoms with Crippen molar-refractivity contribution in [2.45, 2.75) is 45.4 Å². The maximum atomic E-state index is 13.0. The molecule has 2 heterocycles. The van der Waals surface area contributed by atoms with Gasteiger partial charge in [-0.2, -0.15) is 0 Å². The van der Waals surface area contributed by atoms with E-state index in [0.29, 0.717) is 25.6 Å². The normalized spacial score (nSPS) is 23.1. The lowest BCUT2D eigenvalue weighted by molar-refractivity contribution is -0.160. The van der Waals surface area contributed by atoms with Gasteiger partial charge in [0.15, 0.2) is 23.2 Å². The van der Waals surface area contributed by atoms with Gasteiger partial charge >= 0.3 is 5.97 Å². The van der Waals surface area contributed by atoms with Crippen LogP contribution in [0.25, 0.3) is 0 Å². The Morgan fingerprint density at radius 3 is 2.66 bits per heavy atom. The molecule has 1 saturated heterocycles. The average molecular weight is 487 g/mol. The monoisotopic (exact) mass is 486 g/mol. The van der Waals surface area contributed by atoms with Crippen LogP contribution in [-0.4, -0.2) is 67.1 Å². The van der Waals surface area contributed by atoms with Gasteiger partial charge in [-0.05, 0) is 24.8 Å². The molecule has 190 valence electrons. The summed E-state index contributed by atoms with van der Waals surface area (Å²) in [5.74, 6) is -1.47. The molecule has 1 aromatic carbocycles. The Labute approximate surface area is 205 Å². The number of nitrogens with one attached hydrogen (secondary N) is 1. The Bertz CT molecular complexity index is 983. The molecule has 1 aromatic heterocycles. The Morgan fingerprint density at radius 1 is 1.23 bits per heavy atom. The van der Waals surface area contributed by atoms with Gasteiger partial charge in [0.1, 0.15) is 6.10 Å². The number of benzene rings is 1. The highest BCUT2D eigenvalue weighted by Gasteiger charge is 2.36. The molecule has 2 N–H and O–H groups in total. The van der Waals surface area contributed by atoms with Crippen LogP contribution in [0.4, 0.5) is 0 Å². The number of pyridine rings is 1. The maximum absolute atomic E-state index is 13.0. The summed E-state index contributed by atoms with van der Waals surface area (Å²) in [5, 5.41) is 12.8. The molecule has 1 aliphatic rings. The van der Waals surface area contributed by atoms with E-state index in [0.717, 1.165) is 5.56 Å². The predicted molar refractivity (Wildman–Crippen MR) is 128 cm³/mol. The van der Waals surface area contributed by atoms with Gasteiger partial charge in [-0.1, -0.05) is 44.2 Å². The Kier molecular flexibility index (Phi) is 9.45. The fraction of sp³-hybridized carbons (Fsp3) is 0.500. The molecule has 0 bridgehead atoms. The zero-order chi connectivity index (χ0) is 25.4. The van der Waals surface area contributed by atoms with Crippen LogP contribution in [0.5, 0.6) is 11.5 Å². The average Bonchev–Trinajstić information content (AvgIpc) is 2.87. The minimum absolute atomic E-state index is 0.0718. The molecule has 0 aliphatic carbocycles. The number of carbonyl (C=O) groups excluding carboxylic acids is 2. The minimum atomic E-state index is -1.08. The van der Waals surface area contributed by atoms with Gasteiger partial charge in [0.2, 0.25) is 0 Å². The van der Waals surface area contributed by atoms with Crippen LogP contribution < -0.4 is 10.1 Å². The van der Waals surface area contributed by atoms with E-state index in [9.17, 15) is 14.7 Å². The summed E-state index contributed by atoms with van der Waals surface area (Å²) in [6, 6.07) is 10.3. The van der Waals surface area contributed by atoms with Gasteiger partial charge < -0.3 is 29.4 Å². The highest BCUT2D eigenvalue weighted by Crippen LogP contribution is 2.28. The largest absolute Gasteiger partial charge is 0.503 e. The summed E-state index contributed by atoms with van der Waals surface area (Å²) < 4.78 is 22.9. The Morgan fingerprint density at radius 2 is 1.97 bits per heavy atom. The number of aromatic nitrogens is 1. The van der Waals surface area contributed by atoms with Crippen LogP contribution in [0, 0.1) is 11.8 Å². The van der Waals surface area contributed by atoms with Crippen LogP contribution in [0.1, 0.15) is 36.8 Å². The van der Waals surface area contributed by atoms with Crippen molar-refractivity contribution in [1.29, 1.82) is 0 Å². The molecule has 0 spiro atoms. The van der Waals surface area contributed by atoms with Crippen molar-refractivity contribution in [1.82, 2.24) is 10.3 Å². The summed E-state index contributed by atoms with van der Waals surface area (Å²) in [6.45, 7) is 6.64. The first-order valence-corrected chi connectivity index (χ1v) is 11.8. The molecule has 1 amide bonds.